The molecule has 7 heteroatoms. The molecular weight excluding hydrogens is 360 g/mol. The number of esters is 2. The molecule has 1 saturated heterocycles. The zero-order chi connectivity index (χ0) is 20.7. The van der Waals surface area contributed by atoms with Crippen molar-refractivity contribution < 1.29 is 23.9 Å². The highest BCUT2D eigenvalue weighted by molar-refractivity contribution is 6.02. The highest BCUT2D eigenvalue weighted by Crippen LogP contribution is 2.51. The monoisotopic (exact) mass is 386 g/mol. The van der Waals surface area contributed by atoms with Gasteiger partial charge in [-0.05, 0) is 39.3 Å². The SMILES string of the molecule is COC(=O)C1=C(C(=O)OC)C2(/C=C/c3ccccc3)NC(C)(C)C(C)(C)N2O1. The highest BCUT2D eigenvalue weighted by Gasteiger charge is 2.68. The lowest BCUT2D eigenvalue weighted by Crippen LogP contribution is -2.53. The van der Waals surface area contributed by atoms with Crippen LogP contribution < -0.4 is 5.32 Å². The van der Waals surface area contributed by atoms with E-state index < -0.39 is 28.7 Å². The summed E-state index contributed by atoms with van der Waals surface area (Å²) in [6, 6.07) is 9.67. The van der Waals surface area contributed by atoms with Gasteiger partial charge < -0.3 is 14.3 Å². The number of benzene rings is 1. The summed E-state index contributed by atoms with van der Waals surface area (Å²) in [5.74, 6) is -1.58. The minimum Gasteiger partial charge on any atom is -0.465 e. The van der Waals surface area contributed by atoms with E-state index in [2.05, 4.69) is 5.32 Å². The van der Waals surface area contributed by atoms with Crippen LogP contribution in [0.4, 0.5) is 0 Å². The summed E-state index contributed by atoms with van der Waals surface area (Å²) < 4.78 is 9.84. The largest absolute Gasteiger partial charge is 0.465 e. The molecule has 0 bridgehead atoms. The predicted molar refractivity (Wildman–Crippen MR) is 103 cm³/mol. The van der Waals surface area contributed by atoms with Crippen molar-refractivity contribution in [2.45, 2.75) is 44.4 Å². The molecule has 1 aromatic rings. The van der Waals surface area contributed by atoms with Crippen LogP contribution in [-0.4, -0.2) is 48.0 Å². The van der Waals surface area contributed by atoms with E-state index in [1.165, 1.54) is 14.2 Å². The fourth-order valence-corrected chi connectivity index (χ4v) is 3.59. The van der Waals surface area contributed by atoms with Crippen LogP contribution in [0.1, 0.15) is 33.3 Å². The maximum atomic E-state index is 12.8. The maximum absolute atomic E-state index is 12.8. The number of hydrogen-bond donors (Lipinski definition) is 1. The molecule has 0 aromatic heterocycles. The lowest BCUT2D eigenvalue weighted by molar-refractivity contribution is -0.192. The summed E-state index contributed by atoms with van der Waals surface area (Å²) in [6.45, 7) is 7.99. The van der Waals surface area contributed by atoms with Crippen LogP contribution in [-0.2, 0) is 23.9 Å². The number of carbonyl (C=O) groups is 2. The fraction of sp³-hybridized carbons (Fsp3) is 0.429. The van der Waals surface area contributed by atoms with E-state index in [1.54, 1.807) is 5.06 Å². The topological polar surface area (TPSA) is 77.1 Å². The minimum absolute atomic E-state index is 0.0627. The van der Waals surface area contributed by atoms with Crippen molar-refractivity contribution >= 4 is 18.0 Å². The molecule has 0 saturated carbocycles. The molecule has 0 amide bonds. The molecule has 1 aromatic carbocycles. The van der Waals surface area contributed by atoms with Gasteiger partial charge in [-0.25, -0.2) is 9.59 Å². The molecule has 7 nitrogen and oxygen atoms in total. The van der Waals surface area contributed by atoms with Gasteiger partial charge in [0.2, 0.25) is 5.76 Å². The quantitative estimate of drug-likeness (QED) is 0.796. The first-order valence-corrected chi connectivity index (χ1v) is 9.04. The molecule has 1 N–H and O–H groups in total. The summed E-state index contributed by atoms with van der Waals surface area (Å²) in [6.07, 6.45) is 3.70. The van der Waals surface area contributed by atoms with Gasteiger partial charge in [0.25, 0.3) is 0 Å². The number of rotatable bonds is 4. The van der Waals surface area contributed by atoms with Gasteiger partial charge >= 0.3 is 11.9 Å². The van der Waals surface area contributed by atoms with Gasteiger partial charge in [0.1, 0.15) is 5.57 Å². The molecule has 2 heterocycles. The van der Waals surface area contributed by atoms with Gasteiger partial charge in [-0.1, -0.05) is 36.4 Å². The van der Waals surface area contributed by atoms with Crippen LogP contribution in [0.3, 0.4) is 0 Å². The van der Waals surface area contributed by atoms with Gasteiger partial charge in [0.05, 0.1) is 19.8 Å². The van der Waals surface area contributed by atoms with Crippen molar-refractivity contribution in [3.63, 3.8) is 0 Å². The number of fused-ring (bicyclic) bond motifs is 1. The molecule has 28 heavy (non-hydrogen) atoms. The van der Waals surface area contributed by atoms with E-state index in [4.69, 9.17) is 14.3 Å². The number of nitrogens with zero attached hydrogens (tertiary/aromatic N) is 1. The number of ether oxygens (including phenoxy) is 2. The third-order valence-corrected chi connectivity index (χ3v) is 5.73. The fourth-order valence-electron chi connectivity index (χ4n) is 3.59. The van der Waals surface area contributed by atoms with Crippen molar-refractivity contribution in [2.24, 2.45) is 0 Å². The van der Waals surface area contributed by atoms with Crippen LogP contribution in [0.15, 0.2) is 47.7 Å². The second-order valence-electron chi connectivity index (χ2n) is 7.89. The molecule has 0 spiro atoms. The van der Waals surface area contributed by atoms with E-state index in [0.29, 0.717) is 0 Å². The summed E-state index contributed by atoms with van der Waals surface area (Å²) >= 11 is 0. The van der Waals surface area contributed by atoms with Crippen LogP contribution >= 0.6 is 0 Å². The van der Waals surface area contributed by atoms with Crippen molar-refractivity contribution in [1.29, 1.82) is 0 Å². The van der Waals surface area contributed by atoms with Crippen LogP contribution in [0.2, 0.25) is 0 Å². The average molecular weight is 386 g/mol. The summed E-state index contributed by atoms with van der Waals surface area (Å²) in [7, 11) is 2.51. The van der Waals surface area contributed by atoms with Crippen LogP contribution in [0.5, 0.6) is 0 Å². The second kappa shape index (κ2) is 6.76. The highest BCUT2D eigenvalue weighted by atomic mass is 16.7. The lowest BCUT2D eigenvalue weighted by atomic mass is 9.84. The second-order valence-corrected chi connectivity index (χ2v) is 7.89. The summed E-state index contributed by atoms with van der Waals surface area (Å²) in [5, 5.41) is 5.12. The molecule has 150 valence electrons. The smallest absolute Gasteiger partial charge is 0.376 e. The zero-order valence-electron chi connectivity index (χ0n) is 17.0. The Bertz CT molecular complexity index is 857. The number of carbonyl (C=O) groups excluding carboxylic acids is 2. The first-order chi connectivity index (χ1) is 13.1. The van der Waals surface area contributed by atoms with Gasteiger partial charge in [0.15, 0.2) is 5.66 Å². The Labute approximate surface area is 164 Å². The van der Waals surface area contributed by atoms with E-state index in [1.807, 2.05) is 70.2 Å². The van der Waals surface area contributed by atoms with E-state index >= 15 is 0 Å². The number of hydrogen-bond acceptors (Lipinski definition) is 7. The van der Waals surface area contributed by atoms with Crippen LogP contribution in [0.25, 0.3) is 6.08 Å². The molecule has 2 aliphatic rings. The van der Waals surface area contributed by atoms with E-state index in [9.17, 15) is 9.59 Å². The molecule has 1 unspecified atom stereocenters. The number of methoxy groups -OCH3 is 2. The van der Waals surface area contributed by atoms with E-state index in [-0.39, 0.29) is 11.3 Å². The summed E-state index contributed by atoms with van der Waals surface area (Å²) in [4.78, 5) is 31.1. The normalized spacial score (nSPS) is 25.5. The molecule has 0 aliphatic carbocycles. The van der Waals surface area contributed by atoms with Gasteiger partial charge in [-0.2, -0.15) is 0 Å². The Morgan fingerprint density at radius 2 is 1.64 bits per heavy atom. The zero-order valence-corrected chi connectivity index (χ0v) is 17.0. The Kier molecular flexibility index (Phi) is 4.85. The first kappa shape index (κ1) is 20.1. The third kappa shape index (κ3) is 2.82. The number of nitrogens with one attached hydrogen (secondary N) is 1. The summed E-state index contributed by atoms with van der Waals surface area (Å²) in [5.41, 5.74) is -1.23. The van der Waals surface area contributed by atoms with Crippen molar-refractivity contribution in [1.82, 2.24) is 10.4 Å². The Morgan fingerprint density at radius 1 is 1.04 bits per heavy atom. The molecular formula is C21H26N2O5. The molecule has 2 aliphatic heterocycles. The standard InChI is InChI=1S/C21H26N2O5/c1-19(2)20(3,4)23-21(22-19,13-12-14-10-8-7-9-11-14)15(17(24)26-5)16(28-23)18(25)27-6/h7-13,22H,1-6H3/b13-12+. The molecule has 1 fully saturated rings. The Balaban J connectivity index is 2.23. The average Bonchev–Trinajstić information content (AvgIpc) is 3.07. The molecule has 3 rings (SSSR count). The molecule has 0 radical (unpaired) electrons. The Hall–Kier alpha value is -2.64. The Morgan fingerprint density at radius 3 is 2.21 bits per heavy atom. The van der Waals surface area contributed by atoms with Crippen LogP contribution in [0, 0.1) is 0 Å². The predicted octanol–water partition coefficient (Wildman–Crippen LogP) is 2.40. The van der Waals surface area contributed by atoms with Crippen molar-refractivity contribution in [3.8, 4) is 0 Å². The van der Waals surface area contributed by atoms with Crippen molar-refractivity contribution in [2.75, 3.05) is 14.2 Å². The lowest BCUT2D eigenvalue weighted by Gasteiger charge is -2.38. The third-order valence-electron chi connectivity index (χ3n) is 5.73. The van der Waals surface area contributed by atoms with Gasteiger partial charge in [-0.15, -0.1) is 5.06 Å². The van der Waals surface area contributed by atoms with E-state index in [0.717, 1.165) is 5.56 Å². The van der Waals surface area contributed by atoms with Crippen molar-refractivity contribution in [3.05, 3.63) is 53.3 Å². The minimum atomic E-state index is -1.19. The molecule has 1 atom stereocenters. The first-order valence-electron chi connectivity index (χ1n) is 9.04. The van der Waals surface area contributed by atoms with Gasteiger partial charge in [-0.3, -0.25) is 5.32 Å². The number of hydroxylamine groups is 2. The van der Waals surface area contributed by atoms with Gasteiger partial charge in [0, 0.05) is 5.54 Å². The maximum Gasteiger partial charge on any atom is 0.376 e.